The monoisotopic (exact) mass is 379 g/mol. The quantitative estimate of drug-likeness (QED) is 0.835. The number of furan rings is 1. The van der Waals surface area contributed by atoms with Crippen LogP contribution in [0.25, 0.3) is 0 Å². The molecule has 7 heteroatoms. The minimum absolute atomic E-state index is 0.133. The fourth-order valence-corrected chi connectivity index (χ4v) is 2.27. The van der Waals surface area contributed by atoms with Crippen molar-refractivity contribution < 1.29 is 14.0 Å². The van der Waals surface area contributed by atoms with Gasteiger partial charge in [-0.25, -0.2) is 4.79 Å². The fourth-order valence-electron chi connectivity index (χ4n) is 1.93. The second-order valence-electron chi connectivity index (χ2n) is 4.93. The van der Waals surface area contributed by atoms with Gasteiger partial charge in [0.15, 0.2) is 4.67 Å². The highest BCUT2D eigenvalue weighted by atomic mass is 79.9. The van der Waals surface area contributed by atoms with Gasteiger partial charge in [-0.1, -0.05) is 0 Å². The number of hydrogen-bond acceptors (Lipinski definition) is 3. The number of anilines is 1. The Kier molecular flexibility index (Phi) is 5.81. The molecule has 0 aliphatic heterocycles. The van der Waals surface area contributed by atoms with Crippen molar-refractivity contribution >= 4 is 33.6 Å². The minimum atomic E-state index is -0.261. The molecule has 1 heterocycles. The summed E-state index contributed by atoms with van der Waals surface area (Å²) < 4.78 is 6.00. The lowest BCUT2D eigenvalue weighted by molar-refractivity contribution is 0.0956. The zero-order chi connectivity index (χ0) is 16.8. The number of rotatable bonds is 5. The van der Waals surface area contributed by atoms with Crippen molar-refractivity contribution in [3.63, 3.8) is 0 Å². The molecule has 0 aliphatic carbocycles. The van der Waals surface area contributed by atoms with Crippen LogP contribution in [-0.4, -0.2) is 30.4 Å². The molecular formula is C16H18BrN3O3. The molecule has 0 saturated carbocycles. The predicted molar refractivity (Wildman–Crippen MR) is 91.3 cm³/mol. The van der Waals surface area contributed by atoms with Crippen LogP contribution in [-0.2, 0) is 6.54 Å². The molecule has 0 aliphatic rings. The van der Waals surface area contributed by atoms with E-state index in [-0.39, 0.29) is 11.9 Å². The second-order valence-corrected chi connectivity index (χ2v) is 5.71. The van der Waals surface area contributed by atoms with Crippen LogP contribution in [0.3, 0.4) is 0 Å². The third-order valence-electron chi connectivity index (χ3n) is 3.10. The van der Waals surface area contributed by atoms with Gasteiger partial charge in [0.1, 0.15) is 5.76 Å². The number of hydrogen-bond donors (Lipinski definition) is 2. The van der Waals surface area contributed by atoms with Crippen LogP contribution in [0.2, 0.25) is 0 Å². The molecule has 0 saturated heterocycles. The summed E-state index contributed by atoms with van der Waals surface area (Å²) in [6.45, 7) is 2.79. The van der Waals surface area contributed by atoms with Crippen LogP contribution >= 0.6 is 15.9 Å². The van der Waals surface area contributed by atoms with Gasteiger partial charge in [-0.3, -0.25) is 4.79 Å². The molecule has 2 aromatic rings. The summed E-state index contributed by atoms with van der Waals surface area (Å²) in [6.07, 6.45) is 0. The smallest absolute Gasteiger partial charge is 0.321 e. The molecule has 122 valence electrons. The molecule has 0 bridgehead atoms. The van der Waals surface area contributed by atoms with Crippen molar-refractivity contribution in [1.29, 1.82) is 0 Å². The van der Waals surface area contributed by atoms with E-state index in [2.05, 4.69) is 26.6 Å². The predicted octanol–water partition coefficient (Wildman–Crippen LogP) is 3.46. The summed E-state index contributed by atoms with van der Waals surface area (Å²) >= 11 is 3.22. The number of carbonyl (C=O) groups excluding carboxylic acids is 2. The van der Waals surface area contributed by atoms with Gasteiger partial charge < -0.3 is 20.0 Å². The lowest BCUT2D eigenvalue weighted by atomic mass is 10.2. The van der Waals surface area contributed by atoms with E-state index < -0.39 is 0 Å². The Morgan fingerprint density at radius 3 is 2.43 bits per heavy atom. The Balaban J connectivity index is 1.92. The first-order valence-electron chi connectivity index (χ1n) is 7.14. The molecule has 1 aromatic carbocycles. The zero-order valence-electron chi connectivity index (χ0n) is 12.9. The van der Waals surface area contributed by atoms with Gasteiger partial charge in [0.2, 0.25) is 0 Å². The van der Waals surface area contributed by atoms with Gasteiger partial charge in [0.25, 0.3) is 5.91 Å². The Hall–Kier alpha value is -2.28. The van der Waals surface area contributed by atoms with Gasteiger partial charge in [0, 0.05) is 24.8 Å². The molecule has 0 atom stereocenters. The number of urea groups is 1. The van der Waals surface area contributed by atoms with Crippen LogP contribution < -0.4 is 10.6 Å². The van der Waals surface area contributed by atoms with Gasteiger partial charge in [-0.2, -0.15) is 0 Å². The molecule has 0 fully saturated rings. The summed E-state index contributed by atoms with van der Waals surface area (Å²) in [6, 6.07) is 10.0. The Labute approximate surface area is 143 Å². The number of amides is 3. The third kappa shape index (κ3) is 4.85. The zero-order valence-corrected chi connectivity index (χ0v) is 14.5. The maximum absolute atomic E-state index is 12.1. The lowest BCUT2D eigenvalue weighted by Crippen LogP contribution is -2.30. The summed E-state index contributed by atoms with van der Waals surface area (Å²) in [5, 5.41) is 5.49. The van der Waals surface area contributed by atoms with E-state index in [4.69, 9.17) is 4.42 Å². The van der Waals surface area contributed by atoms with E-state index in [0.717, 1.165) is 0 Å². The molecule has 0 radical (unpaired) electrons. The van der Waals surface area contributed by atoms with Crippen LogP contribution in [0.4, 0.5) is 10.5 Å². The van der Waals surface area contributed by atoms with Gasteiger partial charge in [0.05, 0.1) is 6.54 Å². The Bertz CT molecular complexity index is 682. The third-order valence-corrected chi connectivity index (χ3v) is 3.53. The maximum atomic E-state index is 12.1. The number of benzene rings is 1. The topological polar surface area (TPSA) is 74.6 Å². The summed E-state index contributed by atoms with van der Waals surface area (Å²) in [5.41, 5.74) is 1.18. The molecule has 6 nitrogen and oxygen atoms in total. The number of carbonyl (C=O) groups is 2. The first kappa shape index (κ1) is 17.1. The number of halogens is 1. The van der Waals surface area contributed by atoms with Crippen LogP contribution in [0.5, 0.6) is 0 Å². The van der Waals surface area contributed by atoms with E-state index in [0.29, 0.717) is 34.8 Å². The highest BCUT2D eigenvalue weighted by molar-refractivity contribution is 9.10. The summed E-state index contributed by atoms with van der Waals surface area (Å²) in [5.74, 6) is 0.548. The minimum Gasteiger partial charge on any atom is -0.452 e. The standard InChI is InChI=1S/C16H18BrN3O3/c1-3-18-15(21)11-4-6-12(7-5-11)19-16(22)20(2)10-13-8-9-14(17)23-13/h4-9H,3,10H2,1-2H3,(H,18,21)(H,19,22). The molecular weight excluding hydrogens is 362 g/mol. The lowest BCUT2D eigenvalue weighted by Gasteiger charge is -2.16. The molecule has 0 spiro atoms. The highest BCUT2D eigenvalue weighted by Gasteiger charge is 2.12. The van der Waals surface area contributed by atoms with Gasteiger partial charge >= 0.3 is 6.03 Å². The van der Waals surface area contributed by atoms with Crippen molar-refractivity contribution in [1.82, 2.24) is 10.2 Å². The number of nitrogens with one attached hydrogen (secondary N) is 2. The van der Waals surface area contributed by atoms with Gasteiger partial charge in [-0.15, -0.1) is 0 Å². The van der Waals surface area contributed by atoms with Crippen molar-refractivity contribution in [3.8, 4) is 0 Å². The van der Waals surface area contributed by atoms with E-state index >= 15 is 0 Å². The van der Waals surface area contributed by atoms with Gasteiger partial charge in [-0.05, 0) is 59.3 Å². The second kappa shape index (κ2) is 7.82. The first-order valence-corrected chi connectivity index (χ1v) is 7.93. The van der Waals surface area contributed by atoms with E-state index in [1.165, 1.54) is 4.90 Å². The summed E-state index contributed by atoms with van der Waals surface area (Å²) in [7, 11) is 1.68. The molecule has 0 unspecified atom stereocenters. The maximum Gasteiger partial charge on any atom is 0.321 e. The molecule has 2 rings (SSSR count). The van der Waals surface area contributed by atoms with E-state index in [1.54, 1.807) is 43.4 Å². The molecule has 3 amide bonds. The van der Waals surface area contributed by atoms with Crippen molar-refractivity contribution in [2.24, 2.45) is 0 Å². The van der Waals surface area contributed by atoms with Crippen LogP contribution in [0.15, 0.2) is 45.5 Å². The number of nitrogens with zero attached hydrogens (tertiary/aromatic N) is 1. The van der Waals surface area contributed by atoms with Crippen LogP contribution in [0, 0.1) is 0 Å². The normalized spacial score (nSPS) is 10.2. The van der Waals surface area contributed by atoms with Crippen molar-refractivity contribution in [2.75, 3.05) is 18.9 Å². The largest absolute Gasteiger partial charge is 0.452 e. The van der Waals surface area contributed by atoms with E-state index in [9.17, 15) is 9.59 Å². The SMILES string of the molecule is CCNC(=O)c1ccc(NC(=O)N(C)Cc2ccc(Br)o2)cc1. The average Bonchev–Trinajstić information content (AvgIpc) is 2.93. The first-order chi connectivity index (χ1) is 11.0. The molecule has 2 N–H and O–H groups in total. The average molecular weight is 380 g/mol. The van der Waals surface area contributed by atoms with E-state index in [1.807, 2.05) is 6.92 Å². The fraction of sp³-hybridized carbons (Fsp3) is 0.250. The van der Waals surface area contributed by atoms with Crippen LogP contribution in [0.1, 0.15) is 23.0 Å². The Morgan fingerprint density at radius 2 is 1.87 bits per heavy atom. The Morgan fingerprint density at radius 1 is 1.17 bits per heavy atom. The highest BCUT2D eigenvalue weighted by Crippen LogP contribution is 2.16. The van der Waals surface area contributed by atoms with Crippen molar-refractivity contribution in [2.45, 2.75) is 13.5 Å². The molecule has 23 heavy (non-hydrogen) atoms. The van der Waals surface area contributed by atoms with Crippen molar-refractivity contribution in [3.05, 3.63) is 52.4 Å². The molecule has 1 aromatic heterocycles. The summed E-state index contributed by atoms with van der Waals surface area (Å²) in [4.78, 5) is 25.3.